The zero-order chi connectivity index (χ0) is 32.5. The zero-order valence-corrected chi connectivity index (χ0v) is 28.2. The molecule has 0 aliphatic heterocycles. The SMILES string of the molecule is CCOc1ccc(N(CCCC(=O)N(Cc2ccc(Cl)c(Cl)c2)C(Cc2ccccc2)C(=O)NC(C)(C)C)S(C)(=O)=O)cc1. The van der Waals surface area contributed by atoms with E-state index in [4.69, 9.17) is 27.9 Å². The van der Waals surface area contributed by atoms with Gasteiger partial charge in [0.15, 0.2) is 0 Å². The molecule has 0 spiro atoms. The fourth-order valence-corrected chi connectivity index (χ4v) is 6.01. The Kier molecular flexibility index (Phi) is 12.5. The van der Waals surface area contributed by atoms with E-state index in [1.54, 1.807) is 47.4 Å². The fourth-order valence-electron chi connectivity index (χ4n) is 4.72. The largest absolute Gasteiger partial charge is 0.494 e. The molecule has 11 heteroatoms. The van der Waals surface area contributed by atoms with Crippen LogP contribution in [0.1, 0.15) is 51.7 Å². The van der Waals surface area contributed by atoms with E-state index in [-0.39, 0.29) is 44.2 Å². The molecule has 1 atom stereocenters. The molecule has 44 heavy (non-hydrogen) atoms. The first-order valence-electron chi connectivity index (χ1n) is 14.5. The summed E-state index contributed by atoms with van der Waals surface area (Å²) in [6, 6.07) is 20.6. The second kappa shape index (κ2) is 15.6. The summed E-state index contributed by atoms with van der Waals surface area (Å²) in [5.74, 6) is 0.0546. The number of ether oxygens (including phenoxy) is 1. The van der Waals surface area contributed by atoms with Crippen LogP contribution < -0.4 is 14.4 Å². The van der Waals surface area contributed by atoms with Gasteiger partial charge in [-0.15, -0.1) is 0 Å². The lowest BCUT2D eigenvalue weighted by Crippen LogP contribution is -2.54. The first-order chi connectivity index (χ1) is 20.7. The second-order valence-electron chi connectivity index (χ2n) is 11.6. The van der Waals surface area contributed by atoms with Gasteiger partial charge in [0.25, 0.3) is 0 Å². The van der Waals surface area contributed by atoms with Crippen LogP contribution in [0.5, 0.6) is 5.75 Å². The maximum atomic E-state index is 14.0. The normalized spacial score (nSPS) is 12.3. The van der Waals surface area contributed by atoms with Gasteiger partial charge in [-0.1, -0.05) is 59.6 Å². The summed E-state index contributed by atoms with van der Waals surface area (Å²) in [5, 5.41) is 3.76. The van der Waals surface area contributed by atoms with Gasteiger partial charge >= 0.3 is 0 Å². The molecular formula is C33H41Cl2N3O5S. The van der Waals surface area contributed by atoms with E-state index in [1.165, 1.54) is 4.31 Å². The lowest BCUT2D eigenvalue weighted by atomic mass is 10.00. The van der Waals surface area contributed by atoms with E-state index in [0.717, 1.165) is 11.8 Å². The van der Waals surface area contributed by atoms with E-state index in [0.29, 0.717) is 33.7 Å². The summed E-state index contributed by atoms with van der Waals surface area (Å²) < 4.78 is 32.2. The maximum Gasteiger partial charge on any atom is 0.243 e. The van der Waals surface area contributed by atoms with Crippen molar-refractivity contribution in [3.8, 4) is 5.75 Å². The van der Waals surface area contributed by atoms with Gasteiger partial charge in [0.2, 0.25) is 21.8 Å². The summed E-state index contributed by atoms with van der Waals surface area (Å²) in [6.45, 7) is 8.21. The van der Waals surface area contributed by atoms with Crippen molar-refractivity contribution in [3.05, 3.63) is 94.0 Å². The van der Waals surface area contributed by atoms with Crippen molar-refractivity contribution in [2.75, 3.05) is 23.7 Å². The van der Waals surface area contributed by atoms with Crippen molar-refractivity contribution >= 4 is 50.7 Å². The summed E-state index contributed by atoms with van der Waals surface area (Å²) in [6.07, 6.45) is 1.67. The molecule has 0 bridgehead atoms. The third kappa shape index (κ3) is 10.7. The number of carbonyl (C=O) groups is 2. The molecule has 0 radical (unpaired) electrons. The van der Waals surface area contributed by atoms with Gasteiger partial charge in [0.05, 0.1) is 28.6 Å². The van der Waals surface area contributed by atoms with Crippen molar-refractivity contribution in [3.63, 3.8) is 0 Å². The van der Waals surface area contributed by atoms with Crippen molar-refractivity contribution in [2.24, 2.45) is 0 Å². The molecule has 8 nitrogen and oxygen atoms in total. The average Bonchev–Trinajstić information content (AvgIpc) is 2.94. The number of benzene rings is 3. The van der Waals surface area contributed by atoms with Gasteiger partial charge in [0.1, 0.15) is 11.8 Å². The van der Waals surface area contributed by atoms with Gasteiger partial charge in [-0.2, -0.15) is 0 Å². The molecule has 1 N–H and O–H groups in total. The molecule has 0 saturated heterocycles. The van der Waals surface area contributed by atoms with Crippen molar-refractivity contribution in [2.45, 2.75) is 65.1 Å². The van der Waals surface area contributed by atoms with Crippen LogP contribution in [0.3, 0.4) is 0 Å². The fraction of sp³-hybridized carbons (Fsp3) is 0.394. The molecule has 2 amide bonds. The Morgan fingerprint density at radius 2 is 1.59 bits per heavy atom. The van der Waals surface area contributed by atoms with Crippen LogP contribution >= 0.6 is 23.2 Å². The Hall–Kier alpha value is -3.27. The minimum Gasteiger partial charge on any atom is -0.494 e. The summed E-state index contributed by atoms with van der Waals surface area (Å²) in [4.78, 5) is 29.3. The Bertz CT molecular complexity index is 1510. The Balaban J connectivity index is 1.90. The molecule has 0 saturated carbocycles. The monoisotopic (exact) mass is 661 g/mol. The number of sulfonamides is 1. The molecule has 3 rings (SSSR count). The second-order valence-corrected chi connectivity index (χ2v) is 14.3. The van der Waals surface area contributed by atoms with Crippen LogP contribution in [0.25, 0.3) is 0 Å². The van der Waals surface area contributed by atoms with Crippen molar-refractivity contribution in [1.29, 1.82) is 0 Å². The number of carbonyl (C=O) groups excluding carboxylic acids is 2. The Morgan fingerprint density at radius 1 is 0.932 bits per heavy atom. The number of halogens is 2. The van der Waals surface area contributed by atoms with E-state index >= 15 is 0 Å². The van der Waals surface area contributed by atoms with Crippen molar-refractivity contribution in [1.82, 2.24) is 10.2 Å². The molecule has 0 heterocycles. The molecule has 1 unspecified atom stereocenters. The minimum absolute atomic E-state index is 0.0124. The number of amides is 2. The highest BCUT2D eigenvalue weighted by atomic mass is 35.5. The molecule has 0 aliphatic carbocycles. The molecule has 0 fully saturated rings. The van der Waals surface area contributed by atoms with Gasteiger partial charge in [0, 0.05) is 31.5 Å². The standard InChI is InChI=1S/C33H41Cl2N3O5S/c1-6-43-27-17-15-26(16-18-27)38(44(5,41)42)20-10-13-31(39)37(23-25-14-19-28(34)29(35)21-25)30(32(40)36-33(2,3)4)22-24-11-8-7-9-12-24/h7-9,11-12,14-19,21,30H,6,10,13,20,22-23H2,1-5H3,(H,36,40). The van der Waals surface area contributed by atoms with Crippen LogP contribution in [0.15, 0.2) is 72.8 Å². The maximum absolute atomic E-state index is 14.0. The quantitative estimate of drug-likeness (QED) is 0.213. The third-order valence-electron chi connectivity index (χ3n) is 6.69. The lowest BCUT2D eigenvalue weighted by molar-refractivity contribution is -0.142. The number of hydrogen-bond acceptors (Lipinski definition) is 5. The first-order valence-corrected chi connectivity index (χ1v) is 17.1. The molecule has 0 aromatic heterocycles. The summed E-state index contributed by atoms with van der Waals surface area (Å²) >= 11 is 12.4. The first kappa shape index (κ1) is 35.2. The third-order valence-corrected chi connectivity index (χ3v) is 8.63. The minimum atomic E-state index is -3.63. The van der Waals surface area contributed by atoms with Gasteiger partial charge in [-0.3, -0.25) is 13.9 Å². The summed E-state index contributed by atoms with van der Waals surface area (Å²) in [7, 11) is -3.63. The van der Waals surface area contributed by atoms with Gasteiger partial charge < -0.3 is 15.0 Å². The molecular weight excluding hydrogens is 621 g/mol. The van der Waals surface area contributed by atoms with E-state index in [2.05, 4.69) is 5.32 Å². The van der Waals surface area contributed by atoms with Gasteiger partial charge in [-0.25, -0.2) is 8.42 Å². The van der Waals surface area contributed by atoms with Crippen LogP contribution in [0.2, 0.25) is 10.0 Å². The molecule has 238 valence electrons. The Labute approximate surface area is 271 Å². The highest BCUT2D eigenvalue weighted by molar-refractivity contribution is 7.92. The van der Waals surface area contributed by atoms with Crippen LogP contribution in [-0.2, 0) is 32.6 Å². The van der Waals surface area contributed by atoms with E-state index < -0.39 is 21.6 Å². The topological polar surface area (TPSA) is 96.0 Å². The number of nitrogens with one attached hydrogen (secondary N) is 1. The summed E-state index contributed by atoms with van der Waals surface area (Å²) in [5.41, 5.74) is 1.55. The Morgan fingerprint density at radius 3 is 2.16 bits per heavy atom. The average molecular weight is 663 g/mol. The number of hydrogen-bond donors (Lipinski definition) is 1. The number of rotatable bonds is 14. The highest BCUT2D eigenvalue weighted by Gasteiger charge is 2.32. The van der Waals surface area contributed by atoms with Gasteiger partial charge in [-0.05, 0) is 81.6 Å². The highest BCUT2D eigenvalue weighted by Crippen LogP contribution is 2.26. The predicted octanol–water partition coefficient (Wildman–Crippen LogP) is 6.49. The van der Waals surface area contributed by atoms with Crippen LogP contribution in [-0.4, -0.2) is 56.1 Å². The smallest absolute Gasteiger partial charge is 0.243 e. The molecule has 3 aromatic carbocycles. The number of anilines is 1. The van der Waals surface area contributed by atoms with Crippen LogP contribution in [0, 0.1) is 0 Å². The van der Waals surface area contributed by atoms with E-state index in [1.807, 2.05) is 58.0 Å². The van der Waals surface area contributed by atoms with Crippen LogP contribution in [0.4, 0.5) is 5.69 Å². The molecule has 3 aromatic rings. The predicted molar refractivity (Wildman–Crippen MR) is 178 cm³/mol. The zero-order valence-electron chi connectivity index (χ0n) is 25.8. The van der Waals surface area contributed by atoms with E-state index in [9.17, 15) is 18.0 Å². The van der Waals surface area contributed by atoms with Crippen molar-refractivity contribution < 1.29 is 22.7 Å². The number of nitrogens with zero attached hydrogens (tertiary/aromatic N) is 2. The lowest BCUT2D eigenvalue weighted by Gasteiger charge is -2.34. The molecule has 0 aliphatic rings.